The maximum atomic E-state index is 13.3. The molecule has 1 aliphatic rings. The zero-order chi connectivity index (χ0) is 24.3. The van der Waals surface area contributed by atoms with Crippen LogP contribution in [0.4, 0.5) is 0 Å². The fourth-order valence-corrected chi connectivity index (χ4v) is 5.47. The minimum Gasteiger partial charge on any atom is -0.354 e. The highest BCUT2D eigenvalue weighted by molar-refractivity contribution is 7.90. The third-order valence-electron chi connectivity index (χ3n) is 5.30. The predicted molar refractivity (Wildman–Crippen MR) is 124 cm³/mol. The molecule has 0 fully saturated rings. The van der Waals surface area contributed by atoms with Crippen LogP contribution >= 0.6 is 23.2 Å². The first-order chi connectivity index (χ1) is 15.6. The number of amides is 3. The Balaban J connectivity index is 1.92. The number of carbonyl (C=O) groups excluding carboxylic acids is 3. The van der Waals surface area contributed by atoms with Gasteiger partial charge in [-0.2, -0.15) is 0 Å². The van der Waals surface area contributed by atoms with E-state index in [1.54, 1.807) is 24.3 Å². The van der Waals surface area contributed by atoms with Crippen LogP contribution in [0.1, 0.15) is 36.2 Å². The van der Waals surface area contributed by atoms with E-state index in [1.165, 1.54) is 30.0 Å². The number of fused-ring (bicyclic) bond motifs is 1. The van der Waals surface area contributed by atoms with Gasteiger partial charge in [0.1, 0.15) is 17.5 Å². The molecule has 0 radical (unpaired) electrons. The fourth-order valence-electron chi connectivity index (χ4n) is 3.43. The Bertz CT molecular complexity index is 1180. The molecule has 0 unspecified atom stereocenters. The van der Waals surface area contributed by atoms with Crippen molar-refractivity contribution in [1.82, 2.24) is 14.5 Å². The second-order valence-electron chi connectivity index (χ2n) is 7.50. The lowest BCUT2D eigenvalue weighted by molar-refractivity contribution is -0.140. The van der Waals surface area contributed by atoms with Crippen LogP contribution in [-0.4, -0.2) is 54.5 Å². The Morgan fingerprint density at radius 2 is 1.73 bits per heavy atom. The van der Waals surface area contributed by atoms with Crippen molar-refractivity contribution in [2.45, 2.75) is 37.8 Å². The molecule has 1 aliphatic heterocycles. The minimum absolute atomic E-state index is 0.000245. The van der Waals surface area contributed by atoms with Gasteiger partial charge >= 0.3 is 0 Å². The van der Waals surface area contributed by atoms with Crippen molar-refractivity contribution in [3.63, 3.8) is 0 Å². The van der Waals surface area contributed by atoms with Gasteiger partial charge in [0.15, 0.2) is 0 Å². The summed E-state index contributed by atoms with van der Waals surface area (Å²) >= 11 is 12.5. The molecule has 33 heavy (non-hydrogen) atoms. The molecule has 2 aromatic rings. The quantitative estimate of drug-likeness (QED) is 0.586. The Hall–Kier alpha value is -2.62. The molecule has 2 aromatic carbocycles. The number of benzene rings is 2. The van der Waals surface area contributed by atoms with Gasteiger partial charge < -0.3 is 10.2 Å². The molecule has 0 spiro atoms. The van der Waals surface area contributed by atoms with Crippen LogP contribution in [0, 0.1) is 0 Å². The highest BCUT2D eigenvalue weighted by Gasteiger charge is 2.43. The van der Waals surface area contributed by atoms with E-state index in [4.69, 9.17) is 23.2 Å². The van der Waals surface area contributed by atoms with E-state index in [0.717, 1.165) is 0 Å². The van der Waals surface area contributed by atoms with Gasteiger partial charge in [0.05, 0.1) is 5.56 Å². The van der Waals surface area contributed by atoms with Crippen molar-refractivity contribution < 1.29 is 22.8 Å². The third-order valence-corrected chi connectivity index (χ3v) is 7.79. The first-order valence-corrected chi connectivity index (χ1v) is 12.4. The van der Waals surface area contributed by atoms with Crippen LogP contribution in [0.5, 0.6) is 0 Å². The van der Waals surface area contributed by atoms with Crippen molar-refractivity contribution in [2.75, 3.05) is 13.1 Å². The molecule has 0 saturated carbocycles. The van der Waals surface area contributed by atoms with Crippen LogP contribution in [0.3, 0.4) is 0 Å². The lowest BCUT2D eigenvalue weighted by Gasteiger charge is -2.30. The Kier molecular flexibility index (Phi) is 7.66. The van der Waals surface area contributed by atoms with Crippen molar-refractivity contribution in [3.8, 4) is 0 Å². The van der Waals surface area contributed by atoms with E-state index in [0.29, 0.717) is 32.9 Å². The fraction of sp³-hybridized carbons (Fsp3) is 0.318. The summed E-state index contributed by atoms with van der Waals surface area (Å²) in [7, 11) is -4.19. The molecule has 8 nitrogen and oxygen atoms in total. The van der Waals surface area contributed by atoms with Crippen molar-refractivity contribution >= 4 is 50.9 Å². The van der Waals surface area contributed by atoms with Gasteiger partial charge in [-0.15, -0.1) is 0 Å². The zero-order valence-corrected chi connectivity index (χ0v) is 20.4. The van der Waals surface area contributed by atoms with Gasteiger partial charge in [-0.3, -0.25) is 14.4 Å². The number of nitrogens with one attached hydrogen (secondary N) is 1. The van der Waals surface area contributed by atoms with E-state index in [9.17, 15) is 22.8 Å². The van der Waals surface area contributed by atoms with Crippen molar-refractivity contribution in [3.05, 3.63) is 63.6 Å². The lowest BCUT2D eigenvalue weighted by atomic mass is 10.1. The standard InChI is InChI=1S/C22H23Cl2N3O5S/c1-3-11-25-21(29)14(2)26(12-16-17(23)8-6-9-18(16)24)20(28)13-27-22(30)15-7-4-5-10-19(15)33(27,31)32/h4-10,14H,3,11-13H2,1-2H3,(H,25,29)/t14-/m1/s1. The highest BCUT2D eigenvalue weighted by Crippen LogP contribution is 2.31. The largest absolute Gasteiger partial charge is 0.354 e. The number of hydrogen-bond acceptors (Lipinski definition) is 5. The molecule has 0 bridgehead atoms. The maximum Gasteiger partial charge on any atom is 0.269 e. The van der Waals surface area contributed by atoms with E-state index in [-0.39, 0.29) is 17.0 Å². The molecule has 1 atom stereocenters. The number of rotatable bonds is 8. The Morgan fingerprint density at radius 1 is 1.09 bits per heavy atom. The molecule has 3 rings (SSSR count). The second-order valence-corrected chi connectivity index (χ2v) is 10.1. The van der Waals surface area contributed by atoms with Gasteiger partial charge in [-0.25, -0.2) is 12.7 Å². The predicted octanol–water partition coefficient (Wildman–Crippen LogP) is 3.08. The summed E-state index contributed by atoms with van der Waals surface area (Å²) in [5, 5.41) is 3.30. The van der Waals surface area contributed by atoms with E-state index in [1.807, 2.05) is 6.92 Å². The highest BCUT2D eigenvalue weighted by atomic mass is 35.5. The van der Waals surface area contributed by atoms with Gasteiger partial charge in [-0.05, 0) is 37.6 Å². The molecule has 0 aliphatic carbocycles. The smallest absolute Gasteiger partial charge is 0.269 e. The number of sulfonamides is 1. The molecule has 3 amide bonds. The molecule has 1 heterocycles. The summed E-state index contributed by atoms with van der Waals surface area (Å²) in [6.07, 6.45) is 0.696. The molecule has 0 aromatic heterocycles. The first-order valence-electron chi connectivity index (χ1n) is 10.3. The molecule has 176 valence electrons. The van der Waals surface area contributed by atoms with Gasteiger partial charge in [0.2, 0.25) is 11.8 Å². The first kappa shape index (κ1) is 25.0. The van der Waals surface area contributed by atoms with Gasteiger partial charge in [-0.1, -0.05) is 48.3 Å². The molecular formula is C22H23Cl2N3O5S. The number of halogens is 2. The Labute approximate surface area is 202 Å². The van der Waals surface area contributed by atoms with Gasteiger partial charge in [0.25, 0.3) is 15.9 Å². The summed E-state index contributed by atoms with van der Waals surface area (Å²) in [6.45, 7) is 2.91. The molecule has 0 saturated heterocycles. The summed E-state index contributed by atoms with van der Waals surface area (Å²) in [6, 6.07) is 9.61. The Morgan fingerprint density at radius 3 is 2.33 bits per heavy atom. The summed E-state index contributed by atoms with van der Waals surface area (Å²) in [4.78, 5) is 39.7. The van der Waals surface area contributed by atoms with Crippen LogP contribution in [0.2, 0.25) is 10.0 Å². The summed E-state index contributed by atoms with van der Waals surface area (Å²) in [5.74, 6) is -1.96. The summed E-state index contributed by atoms with van der Waals surface area (Å²) in [5.41, 5.74) is 0.406. The van der Waals surface area contributed by atoms with Crippen molar-refractivity contribution in [1.29, 1.82) is 0 Å². The summed E-state index contributed by atoms with van der Waals surface area (Å²) < 4.78 is 26.3. The average molecular weight is 512 g/mol. The van der Waals surface area contributed by atoms with E-state index in [2.05, 4.69) is 5.32 Å². The SMILES string of the molecule is CCCNC(=O)[C@@H](C)N(Cc1c(Cl)cccc1Cl)C(=O)CN1C(=O)c2ccccc2S1(=O)=O. The third kappa shape index (κ3) is 5.00. The number of carbonyl (C=O) groups is 3. The molecule has 1 N–H and O–H groups in total. The minimum atomic E-state index is -4.19. The monoisotopic (exact) mass is 511 g/mol. The zero-order valence-electron chi connectivity index (χ0n) is 18.0. The van der Waals surface area contributed by atoms with Gasteiger partial charge in [0, 0.05) is 28.7 Å². The molecular weight excluding hydrogens is 489 g/mol. The van der Waals surface area contributed by atoms with Crippen molar-refractivity contribution in [2.24, 2.45) is 0 Å². The topological polar surface area (TPSA) is 104 Å². The lowest BCUT2D eigenvalue weighted by Crippen LogP contribution is -2.51. The molecule has 11 heteroatoms. The van der Waals surface area contributed by atoms with Crippen LogP contribution in [0.25, 0.3) is 0 Å². The van der Waals surface area contributed by atoms with Crippen LogP contribution in [-0.2, 0) is 26.2 Å². The normalized spacial score (nSPS) is 15.2. The average Bonchev–Trinajstić information content (AvgIpc) is 2.97. The second kappa shape index (κ2) is 10.1. The van der Waals surface area contributed by atoms with Crippen LogP contribution in [0.15, 0.2) is 47.4 Å². The van der Waals surface area contributed by atoms with Crippen LogP contribution < -0.4 is 5.32 Å². The van der Waals surface area contributed by atoms with E-state index < -0.39 is 40.3 Å². The maximum absolute atomic E-state index is 13.3. The number of hydrogen-bond donors (Lipinski definition) is 1. The number of nitrogens with zero attached hydrogens (tertiary/aromatic N) is 2. The van der Waals surface area contributed by atoms with E-state index >= 15 is 0 Å².